The van der Waals surface area contributed by atoms with Gasteiger partial charge < -0.3 is 10.1 Å². The number of ether oxygens (including phenoxy) is 1. The summed E-state index contributed by atoms with van der Waals surface area (Å²) in [4.78, 5) is 0. The van der Waals surface area contributed by atoms with Crippen molar-refractivity contribution in [2.75, 3.05) is 11.9 Å². The van der Waals surface area contributed by atoms with Crippen LogP contribution in [-0.2, 0) is 0 Å². The first kappa shape index (κ1) is 13.0. The fraction of sp³-hybridized carbons (Fsp3) is 0.188. The van der Waals surface area contributed by atoms with Crippen LogP contribution in [0.3, 0.4) is 0 Å². The first-order valence-electron chi connectivity index (χ1n) is 6.45. The van der Waals surface area contributed by atoms with E-state index in [1.54, 1.807) is 0 Å². The van der Waals surface area contributed by atoms with E-state index in [0.717, 1.165) is 27.9 Å². The molecule has 0 radical (unpaired) electrons. The van der Waals surface area contributed by atoms with Gasteiger partial charge in [0.1, 0.15) is 5.75 Å². The molecule has 3 rings (SSSR count). The Hall–Kier alpha value is -1.99. The number of nitriles is 1. The van der Waals surface area contributed by atoms with Gasteiger partial charge in [0.15, 0.2) is 0 Å². The van der Waals surface area contributed by atoms with Crippen molar-refractivity contribution in [1.82, 2.24) is 0 Å². The summed E-state index contributed by atoms with van der Waals surface area (Å²) < 4.78 is 6.56. The summed E-state index contributed by atoms with van der Waals surface area (Å²) >= 11 is 3.43. The Balaban J connectivity index is 1.89. The van der Waals surface area contributed by atoms with Crippen LogP contribution in [0.4, 0.5) is 5.69 Å². The van der Waals surface area contributed by atoms with Crippen LogP contribution < -0.4 is 10.1 Å². The molecule has 0 spiro atoms. The van der Waals surface area contributed by atoms with E-state index >= 15 is 0 Å². The lowest BCUT2D eigenvalue weighted by Gasteiger charge is -2.27. The molecule has 0 bridgehead atoms. The number of anilines is 1. The molecule has 3 nitrogen and oxygen atoms in total. The SMILES string of the molecule is N#Cc1cc(Br)cc(NC2CCOc3ccccc32)c1. The second kappa shape index (κ2) is 5.56. The molecule has 0 amide bonds. The van der Waals surface area contributed by atoms with Gasteiger partial charge in [0.05, 0.1) is 24.3 Å². The predicted octanol–water partition coefficient (Wildman–Crippen LogP) is 4.26. The molecule has 0 fully saturated rings. The highest BCUT2D eigenvalue weighted by Gasteiger charge is 2.20. The van der Waals surface area contributed by atoms with Gasteiger partial charge in [0.25, 0.3) is 0 Å². The van der Waals surface area contributed by atoms with Gasteiger partial charge in [0.2, 0.25) is 0 Å². The standard InChI is InChI=1S/C16H13BrN2O/c17-12-7-11(10-18)8-13(9-12)19-15-5-6-20-16-4-2-1-3-14(15)16/h1-4,7-9,15,19H,5-6H2. The summed E-state index contributed by atoms with van der Waals surface area (Å²) in [7, 11) is 0. The number of nitrogens with one attached hydrogen (secondary N) is 1. The van der Waals surface area contributed by atoms with Crippen LogP contribution in [0.15, 0.2) is 46.9 Å². The second-order valence-electron chi connectivity index (χ2n) is 4.71. The second-order valence-corrected chi connectivity index (χ2v) is 5.63. The average Bonchev–Trinajstić information content (AvgIpc) is 2.47. The monoisotopic (exact) mass is 328 g/mol. The molecule has 0 aromatic heterocycles. The molecular weight excluding hydrogens is 316 g/mol. The Kier molecular flexibility index (Phi) is 3.62. The molecule has 100 valence electrons. The third-order valence-corrected chi connectivity index (χ3v) is 3.78. The number of hydrogen-bond acceptors (Lipinski definition) is 3. The minimum atomic E-state index is 0.209. The zero-order valence-corrected chi connectivity index (χ0v) is 12.4. The van der Waals surface area contributed by atoms with Gasteiger partial charge in [0, 0.05) is 22.1 Å². The van der Waals surface area contributed by atoms with Crippen molar-refractivity contribution >= 4 is 21.6 Å². The summed E-state index contributed by atoms with van der Waals surface area (Å²) in [6.07, 6.45) is 0.908. The van der Waals surface area contributed by atoms with E-state index in [2.05, 4.69) is 33.4 Å². The number of para-hydroxylation sites is 1. The van der Waals surface area contributed by atoms with E-state index in [0.29, 0.717) is 12.2 Å². The lowest BCUT2D eigenvalue weighted by Crippen LogP contribution is -2.20. The minimum Gasteiger partial charge on any atom is -0.493 e. The summed E-state index contributed by atoms with van der Waals surface area (Å²) in [5.74, 6) is 0.937. The molecule has 1 aliphatic rings. The lowest BCUT2D eigenvalue weighted by molar-refractivity contribution is 0.274. The molecule has 1 atom stereocenters. The zero-order chi connectivity index (χ0) is 13.9. The summed E-state index contributed by atoms with van der Waals surface area (Å²) in [5.41, 5.74) is 2.75. The number of nitrogens with zero attached hydrogens (tertiary/aromatic N) is 1. The minimum absolute atomic E-state index is 0.209. The summed E-state index contributed by atoms with van der Waals surface area (Å²) in [6.45, 7) is 0.702. The Morgan fingerprint density at radius 3 is 2.95 bits per heavy atom. The van der Waals surface area contributed by atoms with Crippen LogP contribution in [0.1, 0.15) is 23.6 Å². The molecule has 20 heavy (non-hydrogen) atoms. The molecule has 2 aromatic rings. The smallest absolute Gasteiger partial charge is 0.124 e. The molecule has 2 aromatic carbocycles. The third kappa shape index (κ3) is 2.63. The van der Waals surface area contributed by atoms with Crippen molar-refractivity contribution in [3.05, 3.63) is 58.1 Å². The number of halogens is 1. The van der Waals surface area contributed by atoms with Crippen molar-refractivity contribution in [2.24, 2.45) is 0 Å². The Bertz CT molecular complexity index is 678. The lowest BCUT2D eigenvalue weighted by atomic mass is 10.00. The van der Waals surface area contributed by atoms with E-state index < -0.39 is 0 Å². The molecule has 1 heterocycles. The molecule has 4 heteroatoms. The van der Waals surface area contributed by atoms with E-state index in [4.69, 9.17) is 10.00 Å². The largest absolute Gasteiger partial charge is 0.493 e. The predicted molar refractivity (Wildman–Crippen MR) is 81.8 cm³/mol. The average molecular weight is 329 g/mol. The first-order chi connectivity index (χ1) is 9.76. The maximum Gasteiger partial charge on any atom is 0.124 e. The Morgan fingerprint density at radius 2 is 2.10 bits per heavy atom. The molecule has 1 N–H and O–H groups in total. The highest BCUT2D eigenvalue weighted by molar-refractivity contribution is 9.10. The van der Waals surface area contributed by atoms with Gasteiger partial charge in [-0.2, -0.15) is 5.26 Å². The van der Waals surface area contributed by atoms with Crippen molar-refractivity contribution in [2.45, 2.75) is 12.5 Å². The number of hydrogen-bond donors (Lipinski definition) is 1. The highest BCUT2D eigenvalue weighted by Crippen LogP contribution is 2.34. The molecule has 1 unspecified atom stereocenters. The Morgan fingerprint density at radius 1 is 1.25 bits per heavy atom. The molecule has 1 aliphatic heterocycles. The van der Waals surface area contributed by atoms with E-state index in [1.165, 1.54) is 0 Å². The van der Waals surface area contributed by atoms with Crippen molar-refractivity contribution in [3.63, 3.8) is 0 Å². The fourth-order valence-electron chi connectivity index (χ4n) is 2.43. The van der Waals surface area contributed by atoms with E-state index in [9.17, 15) is 0 Å². The molecule has 0 saturated carbocycles. The van der Waals surface area contributed by atoms with Crippen LogP contribution in [0.2, 0.25) is 0 Å². The maximum atomic E-state index is 9.03. The number of fused-ring (bicyclic) bond motifs is 1. The normalized spacial score (nSPS) is 16.7. The van der Waals surface area contributed by atoms with Crippen LogP contribution >= 0.6 is 15.9 Å². The van der Waals surface area contributed by atoms with Crippen LogP contribution in [-0.4, -0.2) is 6.61 Å². The Labute approximate surface area is 126 Å². The fourth-order valence-corrected chi connectivity index (χ4v) is 2.92. The van der Waals surface area contributed by atoms with Gasteiger partial charge >= 0.3 is 0 Å². The van der Waals surface area contributed by atoms with Crippen LogP contribution in [0.25, 0.3) is 0 Å². The van der Waals surface area contributed by atoms with Gasteiger partial charge in [-0.3, -0.25) is 0 Å². The van der Waals surface area contributed by atoms with Crippen LogP contribution in [0.5, 0.6) is 5.75 Å². The molecular formula is C16H13BrN2O. The number of rotatable bonds is 2. The highest BCUT2D eigenvalue weighted by atomic mass is 79.9. The third-order valence-electron chi connectivity index (χ3n) is 3.33. The van der Waals surface area contributed by atoms with Gasteiger partial charge in [-0.25, -0.2) is 0 Å². The quantitative estimate of drug-likeness (QED) is 0.895. The number of benzene rings is 2. The maximum absolute atomic E-state index is 9.03. The van der Waals surface area contributed by atoms with Crippen LogP contribution in [0, 0.1) is 11.3 Å². The zero-order valence-electron chi connectivity index (χ0n) is 10.8. The summed E-state index contributed by atoms with van der Waals surface area (Å²) in [5, 5.41) is 12.5. The van der Waals surface area contributed by atoms with E-state index in [1.807, 2.05) is 36.4 Å². The topological polar surface area (TPSA) is 45.0 Å². The van der Waals surface area contributed by atoms with Crippen molar-refractivity contribution in [1.29, 1.82) is 5.26 Å². The van der Waals surface area contributed by atoms with Crippen molar-refractivity contribution < 1.29 is 4.74 Å². The first-order valence-corrected chi connectivity index (χ1v) is 7.24. The van der Waals surface area contributed by atoms with E-state index in [-0.39, 0.29) is 6.04 Å². The molecule has 0 saturated heterocycles. The molecule has 0 aliphatic carbocycles. The van der Waals surface area contributed by atoms with Gasteiger partial charge in [-0.1, -0.05) is 34.1 Å². The van der Waals surface area contributed by atoms with Gasteiger partial charge in [-0.05, 0) is 24.3 Å². The summed E-state index contributed by atoms with van der Waals surface area (Å²) in [6, 6.07) is 16.1. The van der Waals surface area contributed by atoms with Crippen molar-refractivity contribution in [3.8, 4) is 11.8 Å². The van der Waals surface area contributed by atoms with Gasteiger partial charge in [-0.15, -0.1) is 0 Å².